The largest absolute Gasteiger partial charge is 0.398 e. The van der Waals surface area contributed by atoms with Gasteiger partial charge in [-0.05, 0) is 37.5 Å². The highest BCUT2D eigenvalue weighted by atomic mass is 16.5. The van der Waals surface area contributed by atoms with Crippen LogP contribution in [0.3, 0.4) is 0 Å². The molecule has 1 aromatic carbocycles. The lowest BCUT2D eigenvalue weighted by atomic mass is 9.97. The van der Waals surface area contributed by atoms with E-state index in [0.29, 0.717) is 30.1 Å². The minimum absolute atomic E-state index is 0.0191. The first-order chi connectivity index (χ1) is 9.58. The highest BCUT2D eigenvalue weighted by Gasteiger charge is 2.26. The summed E-state index contributed by atoms with van der Waals surface area (Å²) in [6.45, 7) is 4.82. The molecule has 1 aliphatic rings. The number of amides is 1. The number of anilines is 1. The normalized spacial score (nSPS) is 14.2. The number of nitrogen functional groups attached to an aromatic ring is 1. The molecule has 2 N–H and O–H groups in total. The predicted molar refractivity (Wildman–Crippen MR) is 75.3 cm³/mol. The van der Waals surface area contributed by atoms with E-state index in [4.69, 9.17) is 10.3 Å². The van der Waals surface area contributed by atoms with Crippen molar-refractivity contribution in [3.05, 3.63) is 46.3 Å². The highest BCUT2D eigenvalue weighted by Crippen LogP contribution is 2.26. The quantitative estimate of drug-likeness (QED) is 0.806. The number of carbonyl (C=O) groups is 1. The van der Waals surface area contributed by atoms with Gasteiger partial charge < -0.3 is 15.2 Å². The Labute approximate surface area is 117 Å². The Hall–Kier alpha value is -2.30. The first kappa shape index (κ1) is 12.7. The number of hydrogen-bond donors (Lipinski definition) is 1. The summed E-state index contributed by atoms with van der Waals surface area (Å²) in [5.74, 6) is 0.556. The fraction of sp³-hybridized carbons (Fsp3) is 0.333. The van der Waals surface area contributed by atoms with E-state index in [1.807, 2.05) is 23.1 Å². The van der Waals surface area contributed by atoms with Crippen molar-refractivity contribution in [2.45, 2.75) is 26.8 Å². The molecule has 0 bridgehead atoms. The molecule has 0 saturated heterocycles. The maximum atomic E-state index is 12.6. The molecule has 0 unspecified atom stereocenters. The van der Waals surface area contributed by atoms with Crippen molar-refractivity contribution in [2.24, 2.45) is 0 Å². The van der Waals surface area contributed by atoms with Gasteiger partial charge in [0.15, 0.2) is 0 Å². The van der Waals surface area contributed by atoms with E-state index in [2.05, 4.69) is 5.16 Å². The molecule has 5 nitrogen and oxygen atoms in total. The zero-order valence-electron chi connectivity index (χ0n) is 11.6. The van der Waals surface area contributed by atoms with Crippen LogP contribution in [0.1, 0.15) is 32.9 Å². The Morgan fingerprint density at radius 1 is 1.40 bits per heavy atom. The predicted octanol–water partition coefficient (Wildman–Crippen LogP) is 2.07. The number of aryl methyl sites for hydroxylation is 2. The summed E-state index contributed by atoms with van der Waals surface area (Å²) >= 11 is 0. The molecule has 1 amide bonds. The Morgan fingerprint density at radius 2 is 2.20 bits per heavy atom. The number of nitrogens with zero attached hydrogens (tertiary/aromatic N) is 2. The number of nitrogens with two attached hydrogens (primary N) is 1. The molecule has 0 saturated carbocycles. The summed E-state index contributed by atoms with van der Waals surface area (Å²) in [7, 11) is 0. The topological polar surface area (TPSA) is 72.4 Å². The zero-order chi connectivity index (χ0) is 14.3. The summed E-state index contributed by atoms with van der Waals surface area (Å²) in [6.07, 6.45) is 0.789. The summed E-state index contributed by atoms with van der Waals surface area (Å²) in [4.78, 5) is 14.4. The second kappa shape index (κ2) is 4.67. The molecule has 0 aliphatic carbocycles. The molecular formula is C15H17N3O2. The lowest BCUT2D eigenvalue weighted by molar-refractivity contribution is 0.0732. The second-order valence-electron chi connectivity index (χ2n) is 5.16. The third kappa shape index (κ3) is 1.95. The third-order valence-electron chi connectivity index (χ3n) is 3.84. The minimum atomic E-state index is -0.0191. The van der Waals surface area contributed by atoms with Crippen molar-refractivity contribution in [2.75, 3.05) is 12.3 Å². The van der Waals surface area contributed by atoms with Crippen LogP contribution in [0.25, 0.3) is 0 Å². The van der Waals surface area contributed by atoms with Gasteiger partial charge in [-0.2, -0.15) is 0 Å². The maximum Gasteiger partial charge on any atom is 0.259 e. The lowest BCUT2D eigenvalue weighted by Crippen LogP contribution is -2.36. The fourth-order valence-corrected chi connectivity index (χ4v) is 2.76. The van der Waals surface area contributed by atoms with Crippen molar-refractivity contribution in [3.8, 4) is 0 Å². The highest BCUT2D eigenvalue weighted by molar-refractivity contribution is 5.96. The van der Waals surface area contributed by atoms with Gasteiger partial charge in [0.05, 0.1) is 5.69 Å². The third-order valence-corrected chi connectivity index (χ3v) is 3.84. The molecule has 5 heteroatoms. The van der Waals surface area contributed by atoms with Crippen molar-refractivity contribution in [1.82, 2.24) is 10.1 Å². The Bertz CT molecular complexity index is 656. The van der Waals surface area contributed by atoms with Gasteiger partial charge in [0.1, 0.15) is 11.3 Å². The van der Waals surface area contributed by atoms with E-state index in [-0.39, 0.29) is 5.91 Å². The maximum absolute atomic E-state index is 12.6. The summed E-state index contributed by atoms with van der Waals surface area (Å²) in [5, 5.41) is 3.85. The van der Waals surface area contributed by atoms with Gasteiger partial charge >= 0.3 is 0 Å². The Kier molecular flexibility index (Phi) is 2.97. The van der Waals surface area contributed by atoms with Crippen LogP contribution >= 0.6 is 0 Å². The summed E-state index contributed by atoms with van der Waals surface area (Å²) in [6, 6.07) is 5.86. The summed E-state index contributed by atoms with van der Waals surface area (Å²) < 4.78 is 5.08. The van der Waals surface area contributed by atoms with E-state index >= 15 is 0 Å². The van der Waals surface area contributed by atoms with Crippen molar-refractivity contribution in [1.29, 1.82) is 0 Å². The standard InChI is InChI=1S/C15H17N3O2/c1-9-14(10(2)20-17-9)15(19)18-7-6-12-11(8-18)4-3-5-13(12)16/h3-5H,6-8,16H2,1-2H3. The SMILES string of the molecule is Cc1noc(C)c1C(=O)N1CCc2c(N)cccc2C1. The number of carbonyl (C=O) groups excluding carboxylic acids is 1. The number of fused-ring (bicyclic) bond motifs is 1. The van der Waals surface area contributed by atoms with Crippen LogP contribution in [0.4, 0.5) is 5.69 Å². The Balaban J connectivity index is 1.89. The monoisotopic (exact) mass is 271 g/mol. The molecule has 0 fully saturated rings. The Morgan fingerprint density at radius 3 is 2.90 bits per heavy atom. The molecule has 0 spiro atoms. The van der Waals surface area contributed by atoms with Gasteiger partial charge in [-0.1, -0.05) is 17.3 Å². The molecule has 3 rings (SSSR count). The van der Waals surface area contributed by atoms with Crippen LogP contribution in [0.2, 0.25) is 0 Å². The van der Waals surface area contributed by atoms with Crippen molar-refractivity contribution >= 4 is 11.6 Å². The number of aromatic nitrogens is 1. The van der Waals surface area contributed by atoms with E-state index in [1.54, 1.807) is 13.8 Å². The molecule has 0 radical (unpaired) electrons. The number of hydrogen-bond acceptors (Lipinski definition) is 4. The molecule has 0 atom stereocenters. The van der Waals surface area contributed by atoms with Crippen LogP contribution in [0.5, 0.6) is 0 Å². The van der Waals surface area contributed by atoms with Gasteiger partial charge in [0.2, 0.25) is 0 Å². The van der Waals surface area contributed by atoms with E-state index in [9.17, 15) is 4.79 Å². The molecule has 2 heterocycles. The average Bonchev–Trinajstić information content (AvgIpc) is 2.77. The molecule has 1 aromatic heterocycles. The molecule has 1 aliphatic heterocycles. The molecule has 2 aromatic rings. The van der Waals surface area contributed by atoms with E-state index in [1.165, 1.54) is 0 Å². The van der Waals surface area contributed by atoms with Crippen molar-refractivity contribution < 1.29 is 9.32 Å². The summed E-state index contributed by atoms with van der Waals surface area (Å²) in [5.41, 5.74) is 10.3. The van der Waals surface area contributed by atoms with Gasteiger partial charge in [0.25, 0.3) is 5.91 Å². The van der Waals surface area contributed by atoms with Gasteiger partial charge in [-0.15, -0.1) is 0 Å². The van der Waals surface area contributed by atoms with Crippen LogP contribution < -0.4 is 5.73 Å². The van der Waals surface area contributed by atoms with Gasteiger partial charge in [-0.25, -0.2) is 0 Å². The van der Waals surface area contributed by atoms with Crippen LogP contribution in [0, 0.1) is 13.8 Å². The van der Waals surface area contributed by atoms with Crippen molar-refractivity contribution in [3.63, 3.8) is 0 Å². The molecular weight excluding hydrogens is 254 g/mol. The lowest BCUT2D eigenvalue weighted by Gasteiger charge is -2.29. The van der Waals surface area contributed by atoms with Crippen LogP contribution in [-0.4, -0.2) is 22.5 Å². The first-order valence-corrected chi connectivity index (χ1v) is 6.66. The smallest absolute Gasteiger partial charge is 0.259 e. The van der Waals surface area contributed by atoms with Crippen LogP contribution in [0.15, 0.2) is 22.7 Å². The van der Waals surface area contributed by atoms with E-state index in [0.717, 1.165) is 23.2 Å². The second-order valence-corrected chi connectivity index (χ2v) is 5.16. The molecule has 104 valence electrons. The van der Waals surface area contributed by atoms with Gasteiger partial charge in [-0.3, -0.25) is 4.79 Å². The minimum Gasteiger partial charge on any atom is -0.398 e. The first-order valence-electron chi connectivity index (χ1n) is 6.66. The zero-order valence-corrected chi connectivity index (χ0v) is 11.6. The number of rotatable bonds is 1. The molecule has 20 heavy (non-hydrogen) atoms. The van der Waals surface area contributed by atoms with E-state index < -0.39 is 0 Å². The fourth-order valence-electron chi connectivity index (χ4n) is 2.76. The van der Waals surface area contributed by atoms with Crippen LogP contribution in [-0.2, 0) is 13.0 Å². The average molecular weight is 271 g/mol. The number of benzene rings is 1. The van der Waals surface area contributed by atoms with Gasteiger partial charge in [0, 0.05) is 18.8 Å².